The number of nitrogens with two attached hydrogens (primary N) is 1. The molecule has 0 aliphatic carbocycles. The van der Waals surface area contributed by atoms with E-state index in [9.17, 15) is 0 Å². The summed E-state index contributed by atoms with van der Waals surface area (Å²) in [5.41, 5.74) is 8.38. The van der Waals surface area contributed by atoms with Gasteiger partial charge in [0.05, 0.1) is 24.4 Å². The Morgan fingerprint density at radius 3 is 2.15 bits per heavy atom. The molecule has 2 fully saturated rings. The van der Waals surface area contributed by atoms with E-state index in [0.717, 1.165) is 24.4 Å². The van der Waals surface area contributed by atoms with Gasteiger partial charge in [-0.1, -0.05) is 12.1 Å². The Labute approximate surface area is 120 Å². The van der Waals surface area contributed by atoms with Crippen LogP contribution in [0.5, 0.6) is 0 Å². The van der Waals surface area contributed by atoms with Crippen molar-refractivity contribution in [2.24, 2.45) is 0 Å². The third kappa shape index (κ3) is 2.14. The van der Waals surface area contributed by atoms with Crippen LogP contribution >= 0.6 is 0 Å². The van der Waals surface area contributed by atoms with E-state index in [2.05, 4.69) is 6.07 Å². The van der Waals surface area contributed by atoms with Gasteiger partial charge in [0.25, 0.3) is 0 Å². The van der Waals surface area contributed by atoms with E-state index in [0.29, 0.717) is 5.92 Å². The minimum atomic E-state index is -0.397. The molecule has 0 unspecified atom stereocenters. The largest absolute Gasteiger partial charge is 0.496 e. The highest BCUT2D eigenvalue weighted by atomic mass is 16.7. The Morgan fingerprint density at radius 2 is 1.70 bits per heavy atom. The van der Waals surface area contributed by atoms with E-state index in [-0.39, 0.29) is 11.2 Å². The first-order valence-electron chi connectivity index (χ1n) is 7.13. The fraction of sp³-hybridized carbons (Fsp3) is 0.600. The lowest BCUT2D eigenvalue weighted by Crippen LogP contribution is -2.41. The van der Waals surface area contributed by atoms with Gasteiger partial charge in [-0.25, -0.2) is 0 Å². The normalized spacial score (nSPS) is 24.7. The number of anilines is 1. The Kier molecular flexibility index (Phi) is 3.12. The van der Waals surface area contributed by atoms with Gasteiger partial charge in [-0.05, 0) is 39.3 Å². The lowest BCUT2D eigenvalue weighted by Gasteiger charge is -2.32. The summed E-state index contributed by atoms with van der Waals surface area (Å²) in [6.07, 6.45) is 0. The first kappa shape index (κ1) is 13.9. The molecule has 2 aliphatic rings. The monoisotopic (exact) mass is 275 g/mol. The van der Waals surface area contributed by atoms with Gasteiger partial charge in [0, 0.05) is 17.1 Å². The van der Waals surface area contributed by atoms with Crippen molar-refractivity contribution in [1.82, 2.24) is 0 Å². The molecule has 2 heterocycles. The molecule has 0 spiro atoms. The van der Waals surface area contributed by atoms with Gasteiger partial charge >= 0.3 is 7.12 Å². The van der Waals surface area contributed by atoms with Crippen LogP contribution in [0, 0.1) is 0 Å². The van der Waals surface area contributed by atoms with E-state index >= 15 is 0 Å². The van der Waals surface area contributed by atoms with Crippen LogP contribution in [-0.2, 0) is 14.0 Å². The molecule has 0 atom stereocenters. The standard InChI is InChI=1S/C15H22BNO3/c1-14(2)15(3,4)20-16(19-14)12-6-5-10(7-13(12)17)11-8-18-9-11/h5-7,11H,8-9,17H2,1-4H3. The van der Waals surface area contributed by atoms with Gasteiger partial charge in [0.2, 0.25) is 0 Å². The highest BCUT2D eigenvalue weighted by Crippen LogP contribution is 2.37. The Bertz CT molecular complexity index is 510. The average Bonchev–Trinajstić information content (AvgIpc) is 2.45. The highest BCUT2D eigenvalue weighted by Gasteiger charge is 2.52. The van der Waals surface area contributed by atoms with Crippen molar-refractivity contribution in [2.75, 3.05) is 18.9 Å². The fourth-order valence-corrected chi connectivity index (χ4v) is 2.46. The van der Waals surface area contributed by atoms with Crippen LogP contribution in [0.3, 0.4) is 0 Å². The number of benzene rings is 1. The molecule has 5 heteroatoms. The summed E-state index contributed by atoms with van der Waals surface area (Å²) >= 11 is 0. The van der Waals surface area contributed by atoms with Crippen LogP contribution in [0.25, 0.3) is 0 Å². The second kappa shape index (κ2) is 4.48. The molecule has 0 bridgehead atoms. The number of ether oxygens (including phenoxy) is 1. The fourth-order valence-electron chi connectivity index (χ4n) is 2.46. The van der Waals surface area contributed by atoms with Gasteiger partial charge in [0.1, 0.15) is 0 Å². The maximum absolute atomic E-state index is 6.19. The van der Waals surface area contributed by atoms with Crippen molar-refractivity contribution in [1.29, 1.82) is 0 Å². The predicted molar refractivity (Wildman–Crippen MR) is 80.1 cm³/mol. The first-order valence-corrected chi connectivity index (χ1v) is 7.13. The van der Waals surface area contributed by atoms with E-state index in [1.165, 1.54) is 5.56 Å². The van der Waals surface area contributed by atoms with Gasteiger partial charge in [-0.15, -0.1) is 0 Å². The third-order valence-electron chi connectivity index (χ3n) is 4.73. The zero-order valence-corrected chi connectivity index (χ0v) is 12.6. The average molecular weight is 275 g/mol. The topological polar surface area (TPSA) is 53.7 Å². The van der Waals surface area contributed by atoms with Gasteiger partial charge < -0.3 is 19.8 Å². The van der Waals surface area contributed by atoms with Gasteiger partial charge in [-0.2, -0.15) is 0 Å². The van der Waals surface area contributed by atoms with Crippen LogP contribution < -0.4 is 11.2 Å². The third-order valence-corrected chi connectivity index (χ3v) is 4.73. The van der Waals surface area contributed by atoms with Crippen molar-refractivity contribution in [3.05, 3.63) is 23.8 Å². The quantitative estimate of drug-likeness (QED) is 0.659. The van der Waals surface area contributed by atoms with Crippen LogP contribution in [0.15, 0.2) is 18.2 Å². The van der Waals surface area contributed by atoms with Crippen molar-refractivity contribution in [3.8, 4) is 0 Å². The molecule has 1 aromatic carbocycles. The Hall–Kier alpha value is -1.04. The molecule has 1 aromatic rings. The number of nitrogen functional groups attached to an aromatic ring is 1. The zero-order chi connectivity index (χ0) is 14.5. The van der Waals surface area contributed by atoms with E-state index in [4.69, 9.17) is 19.8 Å². The second-order valence-corrected chi connectivity index (χ2v) is 6.71. The molecule has 0 saturated carbocycles. The molecular weight excluding hydrogens is 253 g/mol. The lowest BCUT2D eigenvalue weighted by atomic mass is 9.76. The summed E-state index contributed by atoms with van der Waals surface area (Å²) < 4.78 is 17.3. The Balaban J connectivity index is 1.85. The summed E-state index contributed by atoms with van der Waals surface area (Å²) in [6.45, 7) is 9.75. The smallest absolute Gasteiger partial charge is 0.399 e. The van der Waals surface area contributed by atoms with Crippen LogP contribution in [0.1, 0.15) is 39.2 Å². The van der Waals surface area contributed by atoms with Crippen molar-refractivity contribution < 1.29 is 14.0 Å². The lowest BCUT2D eigenvalue weighted by molar-refractivity contribution is 0.00578. The minimum absolute atomic E-state index is 0.343. The molecule has 2 saturated heterocycles. The predicted octanol–water partition coefficient (Wildman–Crippen LogP) is 1.68. The van der Waals surface area contributed by atoms with Crippen LogP contribution in [0.2, 0.25) is 0 Å². The summed E-state index contributed by atoms with van der Waals surface area (Å²) in [6, 6.07) is 6.14. The van der Waals surface area contributed by atoms with Gasteiger partial charge in [-0.3, -0.25) is 0 Å². The van der Waals surface area contributed by atoms with Crippen molar-refractivity contribution in [2.45, 2.75) is 44.8 Å². The number of rotatable bonds is 2. The highest BCUT2D eigenvalue weighted by molar-refractivity contribution is 6.63. The van der Waals surface area contributed by atoms with Crippen LogP contribution in [-0.4, -0.2) is 31.5 Å². The van der Waals surface area contributed by atoms with Crippen LogP contribution in [0.4, 0.5) is 5.69 Å². The molecule has 20 heavy (non-hydrogen) atoms. The number of hydrogen-bond donors (Lipinski definition) is 1. The van der Waals surface area contributed by atoms with E-state index in [1.807, 2.05) is 39.8 Å². The minimum Gasteiger partial charge on any atom is -0.399 e. The molecular formula is C15H22BNO3. The van der Waals surface area contributed by atoms with Crippen molar-refractivity contribution in [3.63, 3.8) is 0 Å². The van der Waals surface area contributed by atoms with Gasteiger partial charge in [0.15, 0.2) is 0 Å². The van der Waals surface area contributed by atoms with E-state index in [1.54, 1.807) is 0 Å². The molecule has 0 amide bonds. The first-order chi connectivity index (χ1) is 9.30. The molecule has 3 rings (SSSR count). The molecule has 4 nitrogen and oxygen atoms in total. The maximum Gasteiger partial charge on any atom is 0.496 e. The van der Waals surface area contributed by atoms with Crippen molar-refractivity contribution >= 4 is 18.3 Å². The summed E-state index contributed by atoms with van der Waals surface area (Å²) in [5, 5.41) is 0. The molecule has 2 aliphatic heterocycles. The molecule has 108 valence electrons. The second-order valence-electron chi connectivity index (χ2n) is 6.71. The molecule has 0 radical (unpaired) electrons. The SMILES string of the molecule is CC1(C)OB(c2ccc(C3COC3)cc2N)OC1(C)C. The number of hydrogen-bond acceptors (Lipinski definition) is 4. The molecule has 0 aromatic heterocycles. The maximum atomic E-state index is 6.19. The molecule has 2 N–H and O–H groups in total. The Morgan fingerprint density at radius 1 is 1.10 bits per heavy atom. The zero-order valence-electron chi connectivity index (χ0n) is 12.6. The van der Waals surface area contributed by atoms with E-state index < -0.39 is 7.12 Å². The summed E-state index contributed by atoms with van der Waals surface area (Å²) in [7, 11) is -0.397. The summed E-state index contributed by atoms with van der Waals surface area (Å²) in [4.78, 5) is 0. The summed E-state index contributed by atoms with van der Waals surface area (Å²) in [5.74, 6) is 0.477.